The molecule has 0 N–H and O–H groups in total. The molecular formula is C14H15FO3. The van der Waals surface area contributed by atoms with E-state index in [1.165, 1.54) is 13.0 Å². The Hall–Kier alpha value is -1.97. The molecule has 1 rings (SSSR count). The molecule has 0 aliphatic heterocycles. The lowest BCUT2D eigenvalue weighted by Gasteiger charge is -2.04. The van der Waals surface area contributed by atoms with Crippen molar-refractivity contribution in [1.29, 1.82) is 0 Å². The standard InChI is InChI=1S/C14H15FO3/c1-11(16)9-14(17)18-8-7-13(10-15)12-5-3-2-4-6-12/h2-7H,8-10H2,1H3. The van der Waals surface area contributed by atoms with E-state index in [9.17, 15) is 14.0 Å². The molecule has 0 fully saturated rings. The van der Waals surface area contributed by atoms with Crippen LogP contribution in [0.1, 0.15) is 18.9 Å². The van der Waals surface area contributed by atoms with Crippen molar-refractivity contribution in [3.63, 3.8) is 0 Å². The van der Waals surface area contributed by atoms with E-state index in [4.69, 9.17) is 4.74 Å². The normalized spacial score (nSPS) is 11.1. The quantitative estimate of drug-likeness (QED) is 0.575. The molecule has 0 spiro atoms. The van der Waals surface area contributed by atoms with Crippen LogP contribution in [0, 0.1) is 0 Å². The summed E-state index contributed by atoms with van der Waals surface area (Å²) < 4.78 is 17.6. The lowest BCUT2D eigenvalue weighted by molar-refractivity contribution is -0.144. The Labute approximate surface area is 105 Å². The summed E-state index contributed by atoms with van der Waals surface area (Å²) in [5.41, 5.74) is 1.22. The molecule has 0 saturated heterocycles. The van der Waals surface area contributed by atoms with Crippen molar-refractivity contribution in [3.8, 4) is 0 Å². The summed E-state index contributed by atoms with van der Waals surface area (Å²) in [6.07, 6.45) is 1.26. The number of benzene rings is 1. The van der Waals surface area contributed by atoms with Crippen molar-refractivity contribution in [2.24, 2.45) is 0 Å². The Bertz CT molecular complexity index is 438. The number of hydrogen-bond donors (Lipinski definition) is 0. The maximum atomic E-state index is 12.8. The summed E-state index contributed by atoms with van der Waals surface area (Å²) in [6, 6.07) is 9.01. The lowest BCUT2D eigenvalue weighted by atomic mass is 10.1. The van der Waals surface area contributed by atoms with Gasteiger partial charge in [0.25, 0.3) is 0 Å². The summed E-state index contributed by atoms with van der Waals surface area (Å²) in [7, 11) is 0. The Morgan fingerprint density at radius 1 is 1.28 bits per heavy atom. The van der Waals surface area contributed by atoms with Crippen LogP contribution >= 0.6 is 0 Å². The van der Waals surface area contributed by atoms with Crippen molar-refractivity contribution < 1.29 is 18.7 Å². The van der Waals surface area contributed by atoms with E-state index in [0.717, 1.165) is 5.56 Å². The highest BCUT2D eigenvalue weighted by atomic mass is 19.1. The zero-order valence-electron chi connectivity index (χ0n) is 10.2. The van der Waals surface area contributed by atoms with Crippen LogP contribution in [-0.4, -0.2) is 25.0 Å². The second kappa shape index (κ2) is 7.37. The average Bonchev–Trinajstić information content (AvgIpc) is 2.35. The van der Waals surface area contributed by atoms with E-state index in [-0.39, 0.29) is 18.8 Å². The highest BCUT2D eigenvalue weighted by Crippen LogP contribution is 2.14. The monoisotopic (exact) mass is 250 g/mol. The highest BCUT2D eigenvalue weighted by Gasteiger charge is 2.06. The summed E-state index contributed by atoms with van der Waals surface area (Å²) in [6.45, 7) is 0.655. The maximum absolute atomic E-state index is 12.8. The molecule has 0 heterocycles. The van der Waals surface area contributed by atoms with Gasteiger partial charge in [-0.05, 0) is 24.1 Å². The molecule has 0 saturated carbocycles. The SMILES string of the molecule is CC(=O)CC(=O)OCC=C(CF)c1ccccc1. The minimum Gasteiger partial charge on any atom is -0.461 e. The number of rotatable bonds is 6. The topological polar surface area (TPSA) is 43.4 Å². The van der Waals surface area contributed by atoms with Gasteiger partial charge in [0.1, 0.15) is 25.5 Å². The predicted octanol–water partition coefficient (Wildman–Crippen LogP) is 2.56. The molecular weight excluding hydrogens is 235 g/mol. The number of ether oxygens (including phenoxy) is 1. The van der Waals surface area contributed by atoms with Gasteiger partial charge in [-0.1, -0.05) is 30.3 Å². The summed E-state index contributed by atoms with van der Waals surface area (Å²) in [5, 5.41) is 0. The van der Waals surface area contributed by atoms with Gasteiger partial charge in [0.05, 0.1) is 0 Å². The number of ketones is 1. The van der Waals surface area contributed by atoms with Crippen molar-refractivity contribution in [3.05, 3.63) is 42.0 Å². The summed E-state index contributed by atoms with van der Waals surface area (Å²) in [4.78, 5) is 21.7. The van der Waals surface area contributed by atoms with Crippen LogP contribution in [-0.2, 0) is 14.3 Å². The molecule has 1 aromatic carbocycles. The van der Waals surface area contributed by atoms with E-state index in [1.54, 1.807) is 24.3 Å². The van der Waals surface area contributed by atoms with E-state index in [0.29, 0.717) is 5.57 Å². The Morgan fingerprint density at radius 2 is 1.94 bits per heavy atom. The zero-order chi connectivity index (χ0) is 13.4. The fourth-order valence-electron chi connectivity index (χ4n) is 1.39. The molecule has 3 nitrogen and oxygen atoms in total. The fraction of sp³-hybridized carbons (Fsp3) is 0.286. The number of allylic oxidation sites excluding steroid dienone is 1. The second-order valence-corrected chi connectivity index (χ2v) is 3.79. The first kappa shape index (κ1) is 14.1. The van der Waals surface area contributed by atoms with E-state index in [1.807, 2.05) is 6.07 Å². The summed E-state index contributed by atoms with van der Waals surface area (Å²) in [5.74, 6) is -0.845. The molecule has 18 heavy (non-hydrogen) atoms. The first-order valence-electron chi connectivity index (χ1n) is 5.59. The van der Waals surface area contributed by atoms with Crippen LogP contribution in [0.3, 0.4) is 0 Å². The molecule has 96 valence electrons. The number of carbonyl (C=O) groups excluding carboxylic acids is 2. The number of hydrogen-bond acceptors (Lipinski definition) is 3. The highest BCUT2D eigenvalue weighted by molar-refractivity contribution is 5.94. The molecule has 0 atom stereocenters. The van der Waals surface area contributed by atoms with Gasteiger partial charge in [0, 0.05) is 0 Å². The largest absolute Gasteiger partial charge is 0.461 e. The van der Waals surface area contributed by atoms with Crippen LogP contribution < -0.4 is 0 Å². The number of Topliss-reactive ketones (excluding diaryl/α,β-unsaturated/α-hetero) is 1. The third-order valence-electron chi connectivity index (χ3n) is 2.26. The van der Waals surface area contributed by atoms with Crippen LogP contribution in [0.25, 0.3) is 5.57 Å². The molecule has 0 amide bonds. The molecule has 0 bridgehead atoms. The maximum Gasteiger partial charge on any atom is 0.313 e. The third-order valence-corrected chi connectivity index (χ3v) is 2.26. The smallest absolute Gasteiger partial charge is 0.313 e. The van der Waals surface area contributed by atoms with Crippen LogP contribution in [0.5, 0.6) is 0 Å². The van der Waals surface area contributed by atoms with Gasteiger partial charge in [-0.15, -0.1) is 0 Å². The van der Waals surface area contributed by atoms with Gasteiger partial charge in [-0.2, -0.15) is 0 Å². The molecule has 0 radical (unpaired) electrons. The van der Waals surface area contributed by atoms with Crippen LogP contribution in [0.4, 0.5) is 4.39 Å². The van der Waals surface area contributed by atoms with Crippen molar-refractivity contribution in [1.82, 2.24) is 0 Å². The van der Waals surface area contributed by atoms with Crippen molar-refractivity contribution in [2.75, 3.05) is 13.3 Å². The number of esters is 1. The van der Waals surface area contributed by atoms with Gasteiger partial charge in [-0.3, -0.25) is 9.59 Å². The second-order valence-electron chi connectivity index (χ2n) is 3.79. The molecule has 1 aromatic rings. The van der Waals surface area contributed by atoms with Crippen molar-refractivity contribution in [2.45, 2.75) is 13.3 Å². The van der Waals surface area contributed by atoms with Gasteiger partial charge < -0.3 is 4.74 Å². The van der Waals surface area contributed by atoms with E-state index in [2.05, 4.69) is 0 Å². The lowest BCUT2D eigenvalue weighted by Crippen LogP contribution is -2.09. The van der Waals surface area contributed by atoms with Gasteiger partial charge in [0.15, 0.2) is 0 Å². The molecule has 0 unspecified atom stereocenters. The van der Waals surface area contributed by atoms with E-state index < -0.39 is 12.6 Å². The van der Waals surface area contributed by atoms with E-state index >= 15 is 0 Å². The minimum atomic E-state index is -0.631. The molecule has 0 aromatic heterocycles. The molecule has 4 heteroatoms. The van der Waals surface area contributed by atoms with Gasteiger partial charge in [0.2, 0.25) is 0 Å². The third kappa shape index (κ3) is 4.91. The van der Waals surface area contributed by atoms with Crippen LogP contribution in [0.2, 0.25) is 0 Å². The first-order valence-corrected chi connectivity index (χ1v) is 5.59. The Balaban J connectivity index is 2.54. The number of halogens is 1. The van der Waals surface area contributed by atoms with Gasteiger partial charge >= 0.3 is 5.97 Å². The minimum absolute atomic E-state index is 0.0275. The first-order chi connectivity index (χ1) is 8.63. The number of alkyl halides is 1. The summed E-state index contributed by atoms with van der Waals surface area (Å²) >= 11 is 0. The number of carbonyl (C=O) groups is 2. The van der Waals surface area contributed by atoms with Gasteiger partial charge in [-0.25, -0.2) is 4.39 Å². The Morgan fingerprint density at radius 3 is 2.50 bits per heavy atom. The average molecular weight is 250 g/mol. The Kier molecular flexibility index (Phi) is 5.77. The fourth-order valence-corrected chi connectivity index (χ4v) is 1.39. The van der Waals surface area contributed by atoms with Crippen molar-refractivity contribution >= 4 is 17.3 Å². The van der Waals surface area contributed by atoms with Crippen LogP contribution in [0.15, 0.2) is 36.4 Å². The zero-order valence-corrected chi connectivity index (χ0v) is 10.2. The molecule has 0 aliphatic carbocycles. The molecule has 0 aliphatic rings. The predicted molar refractivity (Wildman–Crippen MR) is 66.7 cm³/mol.